The molecule has 108 valence electrons. The summed E-state index contributed by atoms with van der Waals surface area (Å²) in [6.07, 6.45) is 3.74. The Morgan fingerprint density at radius 1 is 1.10 bits per heavy atom. The Balaban J connectivity index is 1.63. The SMILES string of the molecule is COC(=O)c1ccc(CSc2ccc3c(c2)CCC3)cc1. The smallest absolute Gasteiger partial charge is 0.337 e. The quantitative estimate of drug-likeness (QED) is 0.623. The Morgan fingerprint density at radius 2 is 1.86 bits per heavy atom. The maximum Gasteiger partial charge on any atom is 0.337 e. The Kier molecular flexibility index (Phi) is 4.30. The Bertz CT molecular complexity index is 647. The molecule has 0 N–H and O–H groups in total. The zero-order valence-corrected chi connectivity index (χ0v) is 12.9. The third kappa shape index (κ3) is 3.30. The van der Waals surface area contributed by atoms with Gasteiger partial charge in [-0.15, -0.1) is 11.8 Å². The molecular weight excluding hydrogens is 280 g/mol. The van der Waals surface area contributed by atoms with Crippen LogP contribution in [0.15, 0.2) is 47.4 Å². The van der Waals surface area contributed by atoms with Gasteiger partial charge in [-0.2, -0.15) is 0 Å². The van der Waals surface area contributed by atoms with E-state index in [4.69, 9.17) is 4.74 Å². The second-order valence-corrected chi connectivity index (χ2v) is 6.31. The van der Waals surface area contributed by atoms with E-state index in [1.54, 1.807) is 0 Å². The Hall–Kier alpha value is -1.74. The monoisotopic (exact) mass is 298 g/mol. The van der Waals surface area contributed by atoms with Gasteiger partial charge in [0.15, 0.2) is 0 Å². The molecule has 0 unspecified atom stereocenters. The maximum absolute atomic E-state index is 11.4. The summed E-state index contributed by atoms with van der Waals surface area (Å²) < 4.78 is 4.70. The molecule has 0 atom stereocenters. The zero-order chi connectivity index (χ0) is 14.7. The number of methoxy groups -OCH3 is 1. The van der Waals surface area contributed by atoms with Crippen LogP contribution in [0.2, 0.25) is 0 Å². The van der Waals surface area contributed by atoms with Crippen LogP contribution in [-0.2, 0) is 23.3 Å². The van der Waals surface area contributed by atoms with E-state index in [9.17, 15) is 4.79 Å². The molecule has 0 bridgehead atoms. The first-order valence-corrected chi connectivity index (χ1v) is 8.16. The predicted octanol–water partition coefficient (Wildman–Crippen LogP) is 4.25. The van der Waals surface area contributed by atoms with Crippen molar-refractivity contribution in [1.29, 1.82) is 0 Å². The van der Waals surface area contributed by atoms with Gasteiger partial charge in [-0.1, -0.05) is 18.2 Å². The number of ether oxygens (including phenoxy) is 1. The normalized spacial score (nSPS) is 13.0. The molecule has 0 saturated heterocycles. The van der Waals surface area contributed by atoms with Gasteiger partial charge in [-0.05, 0) is 60.2 Å². The summed E-state index contributed by atoms with van der Waals surface area (Å²) in [5.41, 5.74) is 4.85. The van der Waals surface area contributed by atoms with E-state index in [-0.39, 0.29) is 5.97 Å². The van der Waals surface area contributed by atoms with Crippen LogP contribution in [0.1, 0.15) is 33.5 Å². The number of hydrogen-bond acceptors (Lipinski definition) is 3. The highest BCUT2D eigenvalue weighted by atomic mass is 32.2. The van der Waals surface area contributed by atoms with Gasteiger partial charge >= 0.3 is 5.97 Å². The maximum atomic E-state index is 11.4. The number of carbonyl (C=O) groups excluding carboxylic acids is 1. The summed E-state index contributed by atoms with van der Waals surface area (Å²) in [6.45, 7) is 0. The molecule has 0 aliphatic heterocycles. The highest BCUT2D eigenvalue weighted by Gasteiger charge is 2.11. The van der Waals surface area contributed by atoms with Gasteiger partial charge in [0.05, 0.1) is 12.7 Å². The van der Waals surface area contributed by atoms with E-state index in [1.165, 1.54) is 48.0 Å². The molecule has 0 aromatic heterocycles. The molecule has 21 heavy (non-hydrogen) atoms. The van der Waals surface area contributed by atoms with E-state index >= 15 is 0 Å². The lowest BCUT2D eigenvalue weighted by Gasteiger charge is -2.06. The summed E-state index contributed by atoms with van der Waals surface area (Å²) in [5, 5.41) is 0. The molecule has 0 heterocycles. The van der Waals surface area contributed by atoms with Gasteiger partial charge in [0.2, 0.25) is 0 Å². The van der Waals surface area contributed by atoms with Crippen molar-refractivity contribution in [3.63, 3.8) is 0 Å². The van der Waals surface area contributed by atoms with Crippen molar-refractivity contribution in [2.24, 2.45) is 0 Å². The highest BCUT2D eigenvalue weighted by Crippen LogP contribution is 2.29. The molecule has 0 spiro atoms. The second kappa shape index (κ2) is 6.35. The van der Waals surface area contributed by atoms with Gasteiger partial charge in [0.1, 0.15) is 0 Å². The lowest BCUT2D eigenvalue weighted by Crippen LogP contribution is -2.00. The minimum atomic E-state index is -0.284. The van der Waals surface area contributed by atoms with Crippen molar-refractivity contribution in [1.82, 2.24) is 0 Å². The van der Waals surface area contributed by atoms with Crippen molar-refractivity contribution in [3.05, 3.63) is 64.7 Å². The minimum Gasteiger partial charge on any atom is -0.465 e. The van der Waals surface area contributed by atoms with Crippen LogP contribution >= 0.6 is 11.8 Å². The second-order valence-electron chi connectivity index (χ2n) is 5.26. The number of carbonyl (C=O) groups is 1. The van der Waals surface area contributed by atoms with Crippen LogP contribution < -0.4 is 0 Å². The third-order valence-corrected chi connectivity index (χ3v) is 4.92. The average Bonchev–Trinajstić information content (AvgIpc) is 3.00. The topological polar surface area (TPSA) is 26.3 Å². The molecule has 0 radical (unpaired) electrons. The molecule has 0 amide bonds. The lowest BCUT2D eigenvalue weighted by atomic mass is 10.1. The van der Waals surface area contributed by atoms with Crippen LogP contribution in [0.25, 0.3) is 0 Å². The molecule has 0 saturated carbocycles. The summed E-state index contributed by atoms with van der Waals surface area (Å²) in [5.74, 6) is 0.632. The third-order valence-electron chi connectivity index (χ3n) is 3.85. The molecule has 3 heteroatoms. The fourth-order valence-electron chi connectivity index (χ4n) is 2.66. The highest BCUT2D eigenvalue weighted by molar-refractivity contribution is 7.98. The van der Waals surface area contributed by atoms with Crippen LogP contribution in [0.4, 0.5) is 0 Å². The standard InChI is InChI=1S/C18H18O2S/c1-20-18(19)15-7-5-13(6-8-15)12-21-17-10-9-14-3-2-4-16(14)11-17/h5-11H,2-4,12H2,1H3. The number of esters is 1. The fourth-order valence-corrected chi connectivity index (χ4v) is 3.58. The van der Waals surface area contributed by atoms with E-state index in [1.807, 2.05) is 36.0 Å². The molecule has 2 aromatic carbocycles. The first-order chi connectivity index (χ1) is 10.3. The van der Waals surface area contributed by atoms with Gasteiger partial charge in [-0.3, -0.25) is 0 Å². The molecule has 2 nitrogen and oxygen atoms in total. The van der Waals surface area contributed by atoms with Crippen LogP contribution in [0.3, 0.4) is 0 Å². The van der Waals surface area contributed by atoms with Gasteiger partial charge in [0, 0.05) is 10.6 Å². The average molecular weight is 298 g/mol. The molecule has 1 aliphatic carbocycles. The van der Waals surface area contributed by atoms with Gasteiger partial charge in [0.25, 0.3) is 0 Å². The largest absolute Gasteiger partial charge is 0.465 e. The number of hydrogen-bond donors (Lipinski definition) is 0. The number of thioether (sulfide) groups is 1. The zero-order valence-electron chi connectivity index (χ0n) is 12.1. The van der Waals surface area contributed by atoms with Gasteiger partial charge in [-0.25, -0.2) is 4.79 Å². The first-order valence-electron chi connectivity index (χ1n) is 7.18. The molecular formula is C18H18O2S. The molecule has 0 fully saturated rings. The Morgan fingerprint density at radius 3 is 2.62 bits per heavy atom. The van der Waals surface area contributed by atoms with Crippen molar-refractivity contribution in [3.8, 4) is 0 Å². The van der Waals surface area contributed by atoms with Crippen LogP contribution in [0, 0.1) is 0 Å². The van der Waals surface area contributed by atoms with E-state index in [0.29, 0.717) is 5.56 Å². The lowest BCUT2D eigenvalue weighted by molar-refractivity contribution is 0.0600. The molecule has 1 aliphatic rings. The van der Waals surface area contributed by atoms with Crippen molar-refractivity contribution in [2.75, 3.05) is 7.11 Å². The summed E-state index contributed by atoms with van der Waals surface area (Å²) >= 11 is 1.84. The van der Waals surface area contributed by atoms with Crippen molar-refractivity contribution < 1.29 is 9.53 Å². The molecule has 3 rings (SSSR count). The van der Waals surface area contributed by atoms with Crippen molar-refractivity contribution in [2.45, 2.75) is 29.9 Å². The number of benzene rings is 2. The fraction of sp³-hybridized carbons (Fsp3) is 0.278. The number of aryl methyl sites for hydroxylation is 2. The van der Waals surface area contributed by atoms with Gasteiger partial charge < -0.3 is 4.74 Å². The number of rotatable bonds is 4. The van der Waals surface area contributed by atoms with Crippen LogP contribution in [-0.4, -0.2) is 13.1 Å². The summed E-state index contributed by atoms with van der Waals surface area (Å²) in [7, 11) is 1.40. The molecule has 2 aromatic rings. The minimum absolute atomic E-state index is 0.284. The number of fused-ring (bicyclic) bond motifs is 1. The first kappa shape index (κ1) is 14.2. The summed E-state index contributed by atoms with van der Waals surface area (Å²) in [4.78, 5) is 12.7. The summed E-state index contributed by atoms with van der Waals surface area (Å²) in [6, 6.07) is 14.5. The van der Waals surface area contributed by atoms with E-state index < -0.39 is 0 Å². The predicted molar refractivity (Wildman–Crippen MR) is 85.8 cm³/mol. The van der Waals surface area contributed by atoms with E-state index in [2.05, 4.69) is 18.2 Å². The van der Waals surface area contributed by atoms with Crippen LogP contribution in [0.5, 0.6) is 0 Å². The van der Waals surface area contributed by atoms with E-state index in [0.717, 1.165) is 5.75 Å². The Labute approximate surface area is 129 Å². The van der Waals surface area contributed by atoms with Crippen molar-refractivity contribution >= 4 is 17.7 Å².